The maximum atomic E-state index is 11.7. The van der Waals surface area contributed by atoms with Gasteiger partial charge in [0.1, 0.15) is 0 Å². The zero-order valence-electron chi connectivity index (χ0n) is 10.8. The van der Waals surface area contributed by atoms with Crippen molar-refractivity contribution >= 4 is 39.6 Å². The number of rotatable bonds is 7. The molecule has 2 rings (SSSR count). The molecule has 2 amide bonds. The normalized spacial score (nSPS) is 10.4. The second kappa shape index (κ2) is 7.16. The van der Waals surface area contributed by atoms with Crippen LogP contribution in [0.25, 0.3) is 0 Å². The number of thiophene rings is 1. The summed E-state index contributed by atoms with van der Waals surface area (Å²) in [5, 5.41) is 7.01. The molecule has 2 aromatic rings. The van der Waals surface area contributed by atoms with E-state index in [-0.39, 0.29) is 12.3 Å². The molecule has 0 bridgehead atoms. The molecule has 3 N–H and O–H groups in total. The summed E-state index contributed by atoms with van der Waals surface area (Å²) in [7, 11) is 0. The van der Waals surface area contributed by atoms with Crippen molar-refractivity contribution in [1.29, 1.82) is 0 Å². The van der Waals surface area contributed by atoms with E-state index in [9.17, 15) is 9.59 Å². The van der Waals surface area contributed by atoms with E-state index in [2.05, 4.69) is 16.4 Å². The van der Waals surface area contributed by atoms with E-state index in [0.717, 1.165) is 12.8 Å². The Balaban J connectivity index is 1.73. The predicted molar refractivity (Wildman–Crippen MR) is 80.9 cm³/mol. The van der Waals surface area contributed by atoms with Crippen LogP contribution in [0.5, 0.6) is 0 Å². The lowest BCUT2D eigenvalue weighted by Crippen LogP contribution is -2.14. The Kier molecular flexibility index (Phi) is 5.25. The first-order chi connectivity index (χ1) is 9.63. The highest BCUT2D eigenvalue weighted by Crippen LogP contribution is 2.17. The van der Waals surface area contributed by atoms with Crippen molar-refractivity contribution in [3.8, 4) is 0 Å². The first-order valence-corrected chi connectivity index (χ1v) is 7.94. The summed E-state index contributed by atoms with van der Waals surface area (Å²) in [6, 6.07) is 4.08. The third-order valence-corrected chi connectivity index (χ3v) is 4.30. The third-order valence-electron chi connectivity index (χ3n) is 2.56. The Labute approximate surface area is 124 Å². The minimum atomic E-state index is -0.427. The molecule has 0 spiro atoms. The zero-order valence-corrected chi connectivity index (χ0v) is 12.4. The summed E-state index contributed by atoms with van der Waals surface area (Å²) in [6.07, 6.45) is 2.29. The molecule has 0 atom stereocenters. The SMILES string of the molecule is NC(=O)Cc1csc(NC(=O)CCCc2cccs2)n1. The Bertz CT molecular complexity index is 578. The second-order valence-electron chi connectivity index (χ2n) is 4.27. The number of thiazole rings is 1. The van der Waals surface area contributed by atoms with Crippen LogP contribution in [0.2, 0.25) is 0 Å². The van der Waals surface area contributed by atoms with Gasteiger partial charge in [-0.25, -0.2) is 4.98 Å². The highest BCUT2D eigenvalue weighted by Gasteiger charge is 2.08. The van der Waals surface area contributed by atoms with E-state index in [0.29, 0.717) is 17.2 Å². The summed E-state index contributed by atoms with van der Waals surface area (Å²) in [5.41, 5.74) is 5.68. The van der Waals surface area contributed by atoms with Crippen molar-refractivity contribution in [2.45, 2.75) is 25.7 Å². The molecule has 0 aliphatic heterocycles. The fourth-order valence-electron chi connectivity index (χ4n) is 1.68. The maximum Gasteiger partial charge on any atom is 0.226 e. The van der Waals surface area contributed by atoms with Crippen LogP contribution in [0.3, 0.4) is 0 Å². The van der Waals surface area contributed by atoms with Crippen LogP contribution < -0.4 is 11.1 Å². The van der Waals surface area contributed by atoms with E-state index in [4.69, 9.17) is 5.73 Å². The van der Waals surface area contributed by atoms with Gasteiger partial charge in [-0.1, -0.05) is 6.07 Å². The summed E-state index contributed by atoms with van der Waals surface area (Å²) >= 11 is 3.00. The fourth-order valence-corrected chi connectivity index (χ4v) is 3.16. The molecular weight excluding hydrogens is 294 g/mol. The quantitative estimate of drug-likeness (QED) is 0.822. The van der Waals surface area contributed by atoms with Crippen LogP contribution in [-0.2, 0) is 22.4 Å². The zero-order chi connectivity index (χ0) is 14.4. The van der Waals surface area contributed by atoms with Crippen LogP contribution >= 0.6 is 22.7 Å². The number of carbonyl (C=O) groups is 2. The smallest absolute Gasteiger partial charge is 0.226 e. The molecule has 106 valence electrons. The summed E-state index contributed by atoms with van der Waals surface area (Å²) in [6.45, 7) is 0. The highest BCUT2D eigenvalue weighted by molar-refractivity contribution is 7.14. The first kappa shape index (κ1) is 14.7. The first-order valence-electron chi connectivity index (χ1n) is 6.18. The van der Waals surface area contributed by atoms with Crippen molar-refractivity contribution in [2.75, 3.05) is 5.32 Å². The molecule has 0 saturated carbocycles. The van der Waals surface area contributed by atoms with Gasteiger partial charge in [-0.15, -0.1) is 22.7 Å². The second-order valence-corrected chi connectivity index (χ2v) is 6.16. The number of nitrogens with two attached hydrogens (primary N) is 1. The van der Waals surface area contributed by atoms with Gasteiger partial charge in [-0.2, -0.15) is 0 Å². The molecule has 0 radical (unpaired) electrons. The molecule has 0 fully saturated rings. The molecule has 0 aliphatic rings. The van der Waals surface area contributed by atoms with Crippen molar-refractivity contribution in [1.82, 2.24) is 4.98 Å². The van der Waals surface area contributed by atoms with E-state index >= 15 is 0 Å². The van der Waals surface area contributed by atoms with Gasteiger partial charge in [0.05, 0.1) is 12.1 Å². The number of nitrogens with one attached hydrogen (secondary N) is 1. The Morgan fingerprint density at radius 2 is 2.20 bits per heavy atom. The molecule has 0 saturated heterocycles. The fraction of sp³-hybridized carbons (Fsp3) is 0.308. The van der Waals surface area contributed by atoms with Gasteiger partial charge in [-0.05, 0) is 24.3 Å². The van der Waals surface area contributed by atoms with Gasteiger partial charge < -0.3 is 11.1 Å². The molecule has 20 heavy (non-hydrogen) atoms. The molecular formula is C13H15N3O2S2. The van der Waals surface area contributed by atoms with E-state index in [1.54, 1.807) is 16.7 Å². The monoisotopic (exact) mass is 309 g/mol. The van der Waals surface area contributed by atoms with Gasteiger partial charge in [0.15, 0.2) is 5.13 Å². The average molecular weight is 309 g/mol. The van der Waals surface area contributed by atoms with Crippen molar-refractivity contribution < 1.29 is 9.59 Å². The van der Waals surface area contributed by atoms with Crippen LogP contribution in [0.1, 0.15) is 23.4 Å². The number of hydrogen-bond donors (Lipinski definition) is 2. The number of amides is 2. The Morgan fingerprint density at radius 1 is 1.35 bits per heavy atom. The van der Waals surface area contributed by atoms with Gasteiger partial charge >= 0.3 is 0 Å². The number of nitrogens with zero attached hydrogens (tertiary/aromatic N) is 1. The summed E-state index contributed by atoms with van der Waals surface area (Å²) < 4.78 is 0. The number of aromatic nitrogens is 1. The number of carbonyl (C=O) groups excluding carboxylic acids is 2. The lowest BCUT2D eigenvalue weighted by Gasteiger charge is -2.00. The van der Waals surface area contributed by atoms with Gasteiger partial charge in [0.25, 0.3) is 0 Å². The van der Waals surface area contributed by atoms with Crippen LogP contribution in [0.4, 0.5) is 5.13 Å². The average Bonchev–Trinajstić information content (AvgIpc) is 3.00. The highest BCUT2D eigenvalue weighted by atomic mass is 32.1. The lowest BCUT2D eigenvalue weighted by molar-refractivity contribution is -0.117. The third kappa shape index (κ3) is 4.75. The van der Waals surface area contributed by atoms with E-state index in [1.807, 2.05) is 11.4 Å². The predicted octanol–water partition coefficient (Wildman–Crippen LogP) is 2.19. The Hall–Kier alpha value is -1.73. The molecule has 5 nitrogen and oxygen atoms in total. The van der Waals surface area contributed by atoms with Crippen molar-refractivity contribution in [3.63, 3.8) is 0 Å². The molecule has 2 heterocycles. The van der Waals surface area contributed by atoms with E-state index < -0.39 is 5.91 Å². The van der Waals surface area contributed by atoms with Crippen molar-refractivity contribution in [2.24, 2.45) is 5.73 Å². The maximum absolute atomic E-state index is 11.7. The lowest BCUT2D eigenvalue weighted by atomic mass is 10.2. The molecule has 0 aromatic carbocycles. The number of primary amides is 1. The van der Waals surface area contributed by atoms with Crippen LogP contribution in [-0.4, -0.2) is 16.8 Å². The summed E-state index contributed by atoms with van der Waals surface area (Å²) in [4.78, 5) is 27.9. The topological polar surface area (TPSA) is 85.1 Å². The largest absolute Gasteiger partial charge is 0.369 e. The van der Waals surface area contributed by atoms with Crippen LogP contribution in [0.15, 0.2) is 22.9 Å². The van der Waals surface area contributed by atoms with Crippen LogP contribution in [0, 0.1) is 0 Å². The number of hydrogen-bond acceptors (Lipinski definition) is 5. The van der Waals surface area contributed by atoms with Gasteiger partial charge in [0, 0.05) is 16.7 Å². The standard InChI is InChI=1S/C13H15N3O2S2/c14-11(17)7-9-8-20-13(15-9)16-12(18)5-1-3-10-4-2-6-19-10/h2,4,6,8H,1,3,5,7H2,(H2,14,17)(H,15,16,18). The minimum Gasteiger partial charge on any atom is -0.369 e. The number of aryl methyl sites for hydroxylation is 1. The molecule has 2 aromatic heterocycles. The van der Waals surface area contributed by atoms with Crippen molar-refractivity contribution in [3.05, 3.63) is 33.5 Å². The summed E-state index contributed by atoms with van der Waals surface area (Å²) in [5.74, 6) is -0.481. The molecule has 7 heteroatoms. The van der Waals surface area contributed by atoms with Gasteiger partial charge in [0.2, 0.25) is 11.8 Å². The molecule has 0 unspecified atom stereocenters. The van der Waals surface area contributed by atoms with E-state index in [1.165, 1.54) is 16.2 Å². The Morgan fingerprint density at radius 3 is 2.90 bits per heavy atom. The van der Waals surface area contributed by atoms with Gasteiger partial charge in [-0.3, -0.25) is 9.59 Å². The minimum absolute atomic E-state index is 0.0541. The number of anilines is 1. The molecule has 0 aliphatic carbocycles.